The lowest BCUT2D eigenvalue weighted by Crippen LogP contribution is -2.13. The van der Waals surface area contributed by atoms with Crippen LogP contribution in [0.2, 0.25) is 0 Å². The van der Waals surface area contributed by atoms with Crippen molar-refractivity contribution in [2.45, 2.75) is 38.9 Å². The Bertz CT molecular complexity index is 52.5. The van der Waals surface area contributed by atoms with E-state index in [1.54, 1.807) is 6.92 Å². The van der Waals surface area contributed by atoms with Gasteiger partial charge in [-0.1, -0.05) is 6.92 Å². The highest BCUT2D eigenvalue weighted by Crippen LogP contribution is 1.99. The first kappa shape index (κ1) is 7.92. The van der Waals surface area contributed by atoms with Gasteiger partial charge in [0, 0.05) is 0 Å². The Morgan fingerprint density at radius 3 is 2.00 bits per heavy atom. The van der Waals surface area contributed by atoms with Gasteiger partial charge in [0.15, 0.2) is 0 Å². The van der Waals surface area contributed by atoms with Gasteiger partial charge in [-0.2, -0.15) is 0 Å². The number of rotatable bonds is 3. The third kappa shape index (κ3) is 4.09. The van der Waals surface area contributed by atoms with Gasteiger partial charge in [-0.25, -0.2) is 0 Å². The van der Waals surface area contributed by atoms with Gasteiger partial charge in [0.1, 0.15) is 0 Å². The van der Waals surface area contributed by atoms with Gasteiger partial charge in [-0.15, -0.1) is 0 Å². The fourth-order valence-corrected chi connectivity index (χ4v) is 0.560. The van der Waals surface area contributed by atoms with Crippen LogP contribution in [0.3, 0.4) is 0 Å². The lowest BCUT2D eigenvalue weighted by Gasteiger charge is -2.08. The first-order chi connectivity index (χ1) is 3.66. The Morgan fingerprint density at radius 2 is 1.88 bits per heavy atom. The van der Waals surface area contributed by atoms with Gasteiger partial charge in [0.2, 0.25) is 0 Å². The lowest BCUT2D eigenvalue weighted by atomic mass is 10.1. The fraction of sp³-hybridized carbons (Fsp3) is 1.00. The average Bonchev–Trinajstić information content (AvgIpc) is 1.65. The highest BCUT2D eigenvalue weighted by molar-refractivity contribution is 4.55. The molecule has 0 aromatic carbocycles. The van der Waals surface area contributed by atoms with Crippen molar-refractivity contribution in [1.82, 2.24) is 0 Å². The minimum Gasteiger partial charge on any atom is -0.393 e. The first-order valence-corrected chi connectivity index (χ1v) is 3.03. The van der Waals surface area contributed by atoms with E-state index in [4.69, 9.17) is 10.2 Å². The minimum atomic E-state index is -0.370. The summed E-state index contributed by atoms with van der Waals surface area (Å²) in [4.78, 5) is 0. The molecule has 0 heterocycles. The second kappa shape index (κ2) is 3.87. The molecular formula is C6H14O2. The molecule has 2 N–H and O–H groups in total. The molecule has 0 aromatic rings. The molecule has 0 saturated heterocycles. The van der Waals surface area contributed by atoms with Gasteiger partial charge in [-0.05, 0) is 19.8 Å². The Morgan fingerprint density at radius 1 is 1.38 bits per heavy atom. The van der Waals surface area contributed by atoms with Crippen molar-refractivity contribution >= 4 is 0 Å². The molecule has 0 bridgehead atoms. The second-order valence-corrected chi connectivity index (χ2v) is 2.15. The molecule has 1 unspecified atom stereocenters. The smallest absolute Gasteiger partial charge is 0.0562 e. The topological polar surface area (TPSA) is 40.5 Å². The summed E-state index contributed by atoms with van der Waals surface area (Å²) in [5, 5.41) is 17.6. The van der Waals surface area contributed by atoms with Crippen LogP contribution in [0, 0.1) is 0 Å². The quantitative estimate of drug-likeness (QED) is 0.567. The summed E-state index contributed by atoms with van der Waals surface area (Å²) in [6.07, 6.45) is 0.529. The average molecular weight is 118 g/mol. The molecule has 8 heavy (non-hydrogen) atoms. The van der Waals surface area contributed by atoms with E-state index in [2.05, 4.69) is 0 Å². The maximum atomic E-state index is 8.87. The summed E-state index contributed by atoms with van der Waals surface area (Å²) < 4.78 is 0. The molecule has 0 aliphatic heterocycles. The molecule has 2 nitrogen and oxygen atoms in total. The third-order valence-corrected chi connectivity index (χ3v) is 1.08. The molecule has 0 rings (SSSR count). The fourth-order valence-electron chi connectivity index (χ4n) is 0.560. The molecular weight excluding hydrogens is 104 g/mol. The van der Waals surface area contributed by atoms with E-state index in [9.17, 15) is 0 Å². The summed E-state index contributed by atoms with van der Waals surface area (Å²) in [5.41, 5.74) is 0. The highest BCUT2D eigenvalue weighted by Gasteiger charge is 2.03. The van der Waals surface area contributed by atoms with E-state index >= 15 is 0 Å². The molecule has 2 atom stereocenters. The standard InChI is InChI=1S/C6H14O2/c1-3-6(8)4-5(2)7/h5-8H,3-4H2,1-2H3/t5-,6?/m0/s1. The Kier molecular flexibility index (Phi) is 3.83. The molecule has 0 spiro atoms. The monoisotopic (exact) mass is 118 g/mol. The Balaban J connectivity index is 3.10. The predicted molar refractivity (Wildman–Crippen MR) is 32.6 cm³/mol. The van der Waals surface area contributed by atoms with Crippen LogP contribution in [-0.4, -0.2) is 22.4 Å². The molecule has 50 valence electrons. The third-order valence-electron chi connectivity index (χ3n) is 1.08. The molecule has 0 saturated carbocycles. The Labute approximate surface area is 50.2 Å². The van der Waals surface area contributed by atoms with Crippen LogP contribution >= 0.6 is 0 Å². The lowest BCUT2D eigenvalue weighted by molar-refractivity contribution is 0.0883. The van der Waals surface area contributed by atoms with Crippen LogP contribution in [0.5, 0.6) is 0 Å². The zero-order chi connectivity index (χ0) is 6.57. The van der Waals surface area contributed by atoms with Gasteiger partial charge in [-0.3, -0.25) is 0 Å². The Hall–Kier alpha value is -0.0800. The zero-order valence-electron chi connectivity index (χ0n) is 5.46. The largest absolute Gasteiger partial charge is 0.393 e. The highest BCUT2D eigenvalue weighted by atomic mass is 16.3. The summed E-state index contributed by atoms with van der Waals surface area (Å²) in [6.45, 7) is 3.58. The van der Waals surface area contributed by atoms with Crippen LogP contribution in [-0.2, 0) is 0 Å². The van der Waals surface area contributed by atoms with E-state index in [1.807, 2.05) is 6.92 Å². The van der Waals surface area contributed by atoms with Crippen LogP contribution in [0.15, 0.2) is 0 Å². The van der Waals surface area contributed by atoms with Crippen molar-refractivity contribution in [3.8, 4) is 0 Å². The maximum Gasteiger partial charge on any atom is 0.0562 e. The molecule has 0 amide bonds. The van der Waals surface area contributed by atoms with Gasteiger partial charge in [0.05, 0.1) is 12.2 Å². The number of hydrogen-bond acceptors (Lipinski definition) is 2. The van der Waals surface area contributed by atoms with Crippen molar-refractivity contribution < 1.29 is 10.2 Å². The molecule has 0 aliphatic rings. The van der Waals surface area contributed by atoms with Crippen LogP contribution < -0.4 is 0 Å². The zero-order valence-corrected chi connectivity index (χ0v) is 5.46. The number of aliphatic hydroxyl groups excluding tert-OH is 2. The normalized spacial score (nSPS) is 18.0. The van der Waals surface area contributed by atoms with E-state index in [1.165, 1.54) is 0 Å². The van der Waals surface area contributed by atoms with Crippen LogP contribution in [0.1, 0.15) is 26.7 Å². The van der Waals surface area contributed by atoms with Crippen molar-refractivity contribution in [2.75, 3.05) is 0 Å². The SMILES string of the molecule is CCC(O)C[C@H](C)O. The van der Waals surface area contributed by atoms with E-state index in [0.717, 1.165) is 6.42 Å². The number of aliphatic hydroxyl groups is 2. The van der Waals surface area contributed by atoms with E-state index in [-0.39, 0.29) is 12.2 Å². The first-order valence-electron chi connectivity index (χ1n) is 3.03. The molecule has 0 aliphatic carbocycles. The minimum absolute atomic E-state index is 0.324. The van der Waals surface area contributed by atoms with E-state index < -0.39 is 0 Å². The molecule has 0 fully saturated rings. The summed E-state index contributed by atoms with van der Waals surface area (Å²) in [6, 6.07) is 0. The molecule has 2 heteroatoms. The second-order valence-electron chi connectivity index (χ2n) is 2.15. The van der Waals surface area contributed by atoms with E-state index in [0.29, 0.717) is 6.42 Å². The summed E-state index contributed by atoms with van der Waals surface area (Å²) >= 11 is 0. The summed E-state index contributed by atoms with van der Waals surface area (Å²) in [7, 11) is 0. The van der Waals surface area contributed by atoms with Gasteiger partial charge < -0.3 is 10.2 Å². The maximum absolute atomic E-state index is 8.87. The van der Waals surface area contributed by atoms with Gasteiger partial charge in [0.25, 0.3) is 0 Å². The van der Waals surface area contributed by atoms with Crippen LogP contribution in [0.25, 0.3) is 0 Å². The number of hydrogen-bond donors (Lipinski definition) is 2. The van der Waals surface area contributed by atoms with Crippen molar-refractivity contribution in [1.29, 1.82) is 0 Å². The van der Waals surface area contributed by atoms with Gasteiger partial charge >= 0.3 is 0 Å². The molecule has 0 radical (unpaired) electrons. The van der Waals surface area contributed by atoms with Crippen molar-refractivity contribution in [3.63, 3.8) is 0 Å². The predicted octanol–water partition coefficient (Wildman–Crippen LogP) is 0.528. The van der Waals surface area contributed by atoms with Crippen molar-refractivity contribution in [3.05, 3.63) is 0 Å². The molecule has 0 aromatic heterocycles. The van der Waals surface area contributed by atoms with Crippen molar-refractivity contribution in [2.24, 2.45) is 0 Å². The summed E-state index contributed by atoms with van der Waals surface area (Å²) in [5.74, 6) is 0. The van der Waals surface area contributed by atoms with Crippen LogP contribution in [0.4, 0.5) is 0 Å².